The Morgan fingerprint density at radius 2 is 2.18 bits per heavy atom. The highest BCUT2D eigenvalue weighted by atomic mass is 16.5. The van der Waals surface area contributed by atoms with Crippen LogP contribution in [0.4, 0.5) is 0 Å². The van der Waals surface area contributed by atoms with E-state index in [2.05, 4.69) is 19.1 Å². The van der Waals surface area contributed by atoms with Crippen LogP contribution in [0.25, 0.3) is 0 Å². The van der Waals surface area contributed by atoms with Gasteiger partial charge in [0.2, 0.25) is 0 Å². The van der Waals surface area contributed by atoms with Crippen molar-refractivity contribution in [3.05, 3.63) is 23.3 Å². The summed E-state index contributed by atoms with van der Waals surface area (Å²) in [6.07, 6.45) is 2.88. The predicted octanol–water partition coefficient (Wildman–Crippen LogP) is 2.60. The lowest BCUT2D eigenvalue weighted by Gasteiger charge is -2.11. The van der Waals surface area contributed by atoms with Crippen molar-refractivity contribution in [2.75, 3.05) is 26.9 Å². The molecule has 94 valence electrons. The van der Waals surface area contributed by atoms with E-state index in [0.717, 1.165) is 44.0 Å². The van der Waals surface area contributed by atoms with Gasteiger partial charge < -0.3 is 14.2 Å². The molecule has 0 unspecified atom stereocenters. The Kier molecular flexibility index (Phi) is 4.26. The summed E-state index contributed by atoms with van der Waals surface area (Å²) < 4.78 is 16.5. The van der Waals surface area contributed by atoms with Gasteiger partial charge in [-0.3, -0.25) is 0 Å². The van der Waals surface area contributed by atoms with Crippen LogP contribution >= 0.6 is 0 Å². The number of hydrogen-bond acceptors (Lipinski definition) is 3. The first-order chi connectivity index (χ1) is 8.35. The molecule has 0 radical (unpaired) electrons. The van der Waals surface area contributed by atoms with Crippen molar-refractivity contribution >= 4 is 0 Å². The summed E-state index contributed by atoms with van der Waals surface area (Å²) in [5.74, 6) is 2.00. The highest BCUT2D eigenvalue weighted by Crippen LogP contribution is 2.35. The van der Waals surface area contributed by atoms with E-state index in [1.807, 2.05) is 0 Å². The van der Waals surface area contributed by atoms with Gasteiger partial charge in [0, 0.05) is 32.1 Å². The van der Waals surface area contributed by atoms with Crippen LogP contribution < -0.4 is 9.47 Å². The highest BCUT2D eigenvalue weighted by Gasteiger charge is 2.18. The first-order valence-corrected chi connectivity index (χ1v) is 6.25. The number of methoxy groups -OCH3 is 1. The zero-order chi connectivity index (χ0) is 12.1. The SMILES string of the molecule is CCc1cc(OCCCOC)c2c(c1)OCC2. The molecule has 0 saturated carbocycles. The first kappa shape index (κ1) is 12.2. The van der Waals surface area contributed by atoms with Crippen molar-refractivity contribution < 1.29 is 14.2 Å². The summed E-state index contributed by atoms with van der Waals surface area (Å²) in [6.45, 7) is 4.36. The molecule has 1 aromatic carbocycles. The van der Waals surface area contributed by atoms with Crippen molar-refractivity contribution in [2.45, 2.75) is 26.2 Å². The van der Waals surface area contributed by atoms with E-state index in [1.165, 1.54) is 11.1 Å². The van der Waals surface area contributed by atoms with Gasteiger partial charge in [0.15, 0.2) is 0 Å². The number of fused-ring (bicyclic) bond motifs is 1. The van der Waals surface area contributed by atoms with Crippen LogP contribution in [0.15, 0.2) is 12.1 Å². The highest BCUT2D eigenvalue weighted by molar-refractivity contribution is 5.50. The second-order valence-electron chi connectivity index (χ2n) is 4.22. The summed E-state index contributed by atoms with van der Waals surface area (Å²) in [6, 6.07) is 4.27. The molecule has 0 saturated heterocycles. The molecule has 3 nitrogen and oxygen atoms in total. The van der Waals surface area contributed by atoms with Crippen molar-refractivity contribution in [3.8, 4) is 11.5 Å². The smallest absolute Gasteiger partial charge is 0.126 e. The molecule has 0 amide bonds. The largest absolute Gasteiger partial charge is 0.493 e. The van der Waals surface area contributed by atoms with Crippen LogP contribution in [0.5, 0.6) is 11.5 Å². The van der Waals surface area contributed by atoms with Crippen LogP contribution in [0, 0.1) is 0 Å². The van der Waals surface area contributed by atoms with Gasteiger partial charge in [-0.25, -0.2) is 0 Å². The number of hydrogen-bond donors (Lipinski definition) is 0. The minimum Gasteiger partial charge on any atom is -0.493 e. The van der Waals surface area contributed by atoms with E-state index in [1.54, 1.807) is 7.11 Å². The van der Waals surface area contributed by atoms with Gasteiger partial charge in [-0.05, 0) is 24.1 Å². The van der Waals surface area contributed by atoms with E-state index in [0.29, 0.717) is 6.61 Å². The Labute approximate surface area is 103 Å². The van der Waals surface area contributed by atoms with Crippen molar-refractivity contribution in [3.63, 3.8) is 0 Å². The van der Waals surface area contributed by atoms with Crippen LogP contribution in [0.2, 0.25) is 0 Å². The van der Waals surface area contributed by atoms with Gasteiger partial charge >= 0.3 is 0 Å². The summed E-state index contributed by atoms with van der Waals surface area (Å²) in [5, 5.41) is 0. The molecule has 0 aliphatic carbocycles. The molecule has 1 heterocycles. The summed E-state index contributed by atoms with van der Waals surface area (Å²) >= 11 is 0. The Balaban J connectivity index is 2.07. The third-order valence-corrected chi connectivity index (χ3v) is 3.00. The monoisotopic (exact) mass is 236 g/mol. The normalized spacial score (nSPS) is 13.3. The average molecular weight is 236 g/mol. The minimum absolute atomic E-state index is 0.702. The molecular formula is C14H20O3. The molecular weight excluding hydrogens is 216 g/mol. The first-order valence-electron chi connectivity index (χ1n) is 6.25. The van der Waals surface area contributed by atoms with E-state index in [-0.39, 0.29) is 0 Å². The maximum atomic E-state index is 5.83. The Morgan fingerprint density at radius 1 is 1.29 bits per heavy atom. The zero-order valence-electron chi connectivity index (χ0n) is 10.6. The topological polar surface area (TPSA) is 27.7 Å². The second-order valence-corrected chi connectivity index (χ2v) is 4.22. The molecule has 0 N–H and O–H groups in total. The molecule has 17 heavy (non-hydrogen) atoms. The molecule has 0 bridgehead atoms. The van der Waals surface area contributed by atoms with Gasteiger partial charge in [-0.1, -0.05) is 6.92 Å². The van der Waals surface area contributed by atoms with Gasteiger partial charge in [0.25, 0.3) is 0 Å². The maximum absolute atomic E-state index is 5.83. The van der Waals surface area contributed by atoms with Gasteiger partial charge in [-0.15, -0.1) is 0 Å². The van der Waals surface area contributed by atoms with Crippen LogP contribution in [0.3, 0.4) is 0 Å². The van der Waals surface area contributed by atoms with Gasteiger partial charge in [0.05, 0.1) is 13.2 Å². The lowest BCUT2D eigenvalue weighted by molar-refractivity contribution is 0.172. The van der Waals surface area contributed by atoms with E-state index in [4.69, 9.17) is 14.2 Å². The van der Waals surface area contributed by atoms with Crippen LogP contribution in [-0.4, -0.2) is 26.9 Å². The standard InChI is InChI=1S/C14H20O3/c1-3-11-9-13(16-7-4-6-15-2)12-5-8-17-14(12)10-11/h9-10H,3-8H2,1-2H3. The van der Waals surface area contributed by atoms with E-state index >= 15 is 0 Å². The second kappa shape index (κ2) is 5.92. The summed E-state index contributed by atoms with van der Waals surface area (Å²) in [4.78, 5) is 0. The number of benzene rings is 1. The molecule has 0 aromatic heterocycles. The molecule has 0 fully saturated rings. The Bertz CT molecular complexity index is 374. The van der Waals surface area contributed by atoms with E-state index < -0.39 is 0 Å². The van der Waals surface area contributed by atoms with Crippen molar-refractivity contribution in [1.29, 1.82) is 0 Å². The minimum atomic E-state index is 0.702. The molecule has 0 atom stereocenters. The molecule has 0 spiro atoms. The number of rotatable bonds is 6. The Morgan fingerprint density at radius 3 is 2.94 bits per heavy atom. The summed E-state index contributed by atoms with van der Waals surface area (Å²) in [7, 11) is 1.71. The average Bonchev–Trinajstić information content (AvgIpc) is 2.82. The quantitative estimate of drug-likeness (QED) is 0.711. The fourth-order valence-electron chi connectivity index (χ4n) is 2.03. The van der Waals surface area contributed by atoms with Crippen molar-refractivity contribution in [2.24, 2.45) is 0 Å². The van der Waals surface area contributed by atoms with Crippen molar-refractivity contribution in [1.82, 2.24) is 0 Å². The molecule has 1 aliphatic rings. The van der Waals surface area contributed by atoms with Gasteiger partial charge in [-0.2, -0.15) is 0 Å². The third-order valence-electron chi connectivity index (χ3n) is 3.00. The zero-order valence-corrected chi connectivity index (χ0v) is 10.6. The molecule has 3 heteroatoms. The lowest BCUT2D eigenvalue weighted by atomic mass is 10.1. The fourth-order valence-corrected chi connectivity index (χ4v) is 2.03. The third kappa shape index (κ3) is 2.91. The summed E-state index contributed by atoms with van der Waals surface area (Å²) in [5.41, 5.74) is 2.49. The van der Waals surface area contributed by atoms with Crippen LogP contribution in [-0.2, 0) is 17.6 Å². The lowest BCUT2D eigenvalue weighted by Crippen LogP contribution is -2.03. The Hall–Kier alpha value is -1.22. The molecule has 1 aliphatic heterocycles. The predicted molar refractivity (Wildman–Crippen MR) is 67.0 cm³/mol. The molecule has 2 rings (SSSR count). The fraction of sp³-hybridized carbons (Fsp3) is 0.571. The number of ether oxygens (including phenoxy) is 3. The number of aryl methyl sites for hydroxylation is 1. The van der Waals surface area contributed by atoms with E-state index in [9.17, 15) is 0 Å². The molecule has 1 aromatic rings. The maximum Gasteiger partial charge on any atom is 0.126 e. The van der Waals surface area contributed by atoms with Gasteiger partial charge in [0.1, 0.15) is 11.5 Å². The van der Waals surface area contributed by atoms with Crippen LogP contribution in [0.1, 0.15) is 24.5 Å².